The number of aromatic hydroxyl groups is 1. The van der Waals surface area contributed by atoms with E-state index in [0.29, 0.717) is 28.6 Å². The van der Waals surface area contributed by atoms with Crippen LogP contribution in [0.5, 0.6) is 5.75 Å². The molecule has 1 aliphatic carbocycles. The van der Waals surface area contributed by atoms with Gasteiger partial charge in [-0.15, -0.1) is 16.6 Å². The molecule has 0 aliphatic heterocycles. The van der Waals surface area contributed by atoms with Crippen LogP contribution < -0.4 is 11.1 Å². The SMILES string of the molecule is C#Cc1ccc(-c2nnc(NC(=O)[C@@H](C)N)cc2C2CCC2)c(O)c1. The Morgan fingerprint density at radius 2 is 2.16 bits per heavy atom. The minimum absolute atomic E-state index is 0.0673. The van der Waals surface area contributed by atoms with Crippen LogP contribution in [-0.2, 0) is 4.79 Å². The lowest BCUT2D eigenvalue weighted by Gasteiger charge is -2.27. The Bertz CT molecular complexity index is 851. The van der Waals surface area contributed by atoms with E-state index in [2.05, 4.69) is 21.4 Å². The zero-order chi connectivity index (χ0) is 18.0. The molecule has 1 heterocycles. The second kappa shape index (κ2) is 6.91. The van der Waals surface area contributed by atoms with Crippen molar-refractivity contribution >= 4 is 11.7 Å². The van der Waals surface area contributed by atoms with E-state index in [9.17, 15) is 9.90 Å². The van der Waals surface area contributed by atoms with E-state index in [4.69, 9.17) is 12.2 Å². The summed E-state index contributed by atoms with van der Waals surface area (Å²) in [6, 6.07) is 6.23. The van der Waals surface area contributed by atoms with Crippen molar-refractivity contribution in [3.8, 4) is 29.4 Å². The lowest BCUT2D eigenvalue weighted by molar-refractivity contribution is -0.117. The fraction of sp³-hybridized carbons (Fsp3) is 0.316. The first-order chi connectivity index (χ1) is 12.0. The maximum atomic E-state index is 11.8. The van der Waals surface area contributed by atoms with Crippen LogP contribution in [0.15, 0.2) is 24.3 Å². The first kappa shape index (κ1) is 16.9. The molecule has 0 bridgehead atoms. The summed E-state index contributed by atoms with van der Waals surface area (Å²) in [6.07, 6.45) is 8.60. The van der Waals surface area contributed by atoms with E-state index in [-0.39, 0.29) is 11.7 Å². The number of benzene rings is 1. The molecule has 4 N–H and O–H groups in total. The van der Waals surface area contributed by atoms with Gasteiger partial charge in [-0.3, -0.25) is 4.79 Å². The molecule has 1 aromatic heterocycles. The third kappa shape index (κ3) is 3.47. The standard InChI is InChI=1S/C19H20N4O2/c1-3-12-7-8-14(16(24)9-12)18-15(13-5-4-6-13)10-17(22-23-18)21-19(25)11(2)20/h1,7-11,13,24H,4-6,20H2,2H3,(H,21,22,25)/t11-/m1/s1. The summed E-state index contributed by atoms with van der Waals surface area (Å²) >= 11 is 0. The molecule has 1 saturated carbocycles. The number of phenolic OH excluding ortho intramolecular Hbond substituents is 1. The van der Waals surface area contributed by atoms with Gasteiger partial charge in [0.05, 0.1) is 6.04 Å². The number of aromatic nitrogens is 2. The average Bonchev–Trinajstić information content (AvgIpc) is 2.54. The summed E-state index contributed by atoms with van der Waals surface area (Å²) in [5.74, 6) is 2.95. The molecule has 25 heavy (non-hydrogen) atoms. The molecule has 6 heteroatoms. The number of hydrogen-bond acceptors (Lipinski definition) is 5. The van der Waals surface area contributed by atoms with Gasteiger partial charge in [-0.2, -0.15) is 0 Å². The highest BCUT2D eigenvalue weighted by Gasteiger charge is 2.26. The van der Waals surface area contributed by atoms with Crippen LogP contribution in [0.25, 0.3) is 11.3 Å². The van der Waals surface area contributed by atoms with E-state index >= 15 is 0 Å². The summed E-state index contributed by atoms with van der Waals surface area (Å²) in [5.41, 5.74) is 8.34. The number of carbonyl (C=O) groups excluding carboxylic acids is 1. The Kier molecular flexibility index (Phi) is 4.68. The Hall–Kier alpha value is -2.91. The van der Waals surface area contributed by atoms with Gasteiger partial charge in [-0.05, 0) is 55.5 Å². The smallest absolute Gasteiger partial charge is 0.242 e. The van der Waals surface area contributed by atoms with Gasteiger partial charge >= 0.3 is 0 Å². The predicted molar refractivity (Wildman–Crippen MR) is 95.9 cm³/mol. The number of nitrogens with zero attached hydrogens (tertiary/aromatic N) is 2. The summed E-state index contributed by atoms with van der Waals surface area (Å²) in [7, 11) is 0. The van der Waals surface area contributed by atoms with Crippen molar-refractivity contribution in [2.24, 2.45) is 5.73 Å². The van der Waals surface area contributed by atoms with Crippen molar-refractivity contribution in [1.82, 2.24) is 10.2 Å². The maximum Gasteiger partial charge on any atom is 0.242 e. The molecule has 1 atom stereocenters. The number of rotatable bonds is 4. The second-order valence-electron chi connectivity index (χ2n) is 6.32. The molecule has 3 rings (SSSR count). The van der Waals surface area contributed by atoms with E-state index in [0.717, 1.165) is 24.8 Å². The van der Waals surface area contributed by atoms with Crippen LogP contribution in [-0.4, -0.2) is 27.3 Å². The van der Waals surface area contributed by atoms with Crippen molar-refractivity contribution in [2.75, 3.05) is 5.32 Å². The van der Waals surface area contributed by atoms with Crippen molar-refractivity contribution in [3.05, 3.63) is 35.4 Å². The van der Waals surface area contributed by atoms with E-state index in [1.807, 2.05) is 6.07 Å². The van der Waals surface area contributed by atoms with E-state index in [1.54, 1.807) is 19.1 Å². The number of terminal acetylenes is 1. The van der Waals surface area contributed by atoms with Gasteiger partial charge < -0.3 is 16.2 Å². The maximum absolute atomic E-state index is 11.8. The van der Waals surface area contributed by atoms with Gasteiger partial charge in [-0.1, -0.05) is 12.3 Å². The number of phenols is 1. The van der Waals surface area contributed by atoms with Gasteiger partial charge in [0.25, 0.3) is 0 Å². The monoisotopic (exact) mass is 336 g/mol. The van der Waals surface area contributed by atoms with Crippen LogP contribution in [0.1, 0.15) is 43.2 Å². The molecule has 1 aromatic carbocycles. The first-order valence-corrected chi connectivity index (χ1v) is 8.23. The molecule has 0 unspecified atom stereocenters. The van der Waals surface area contributed by atoms with Gasteiger partial charge in [0.15, 0.2) is 5.82 Å². The Balaban J connectivity index is 2.01. The summed E-state index contributed by atoms with van der Waals surface area (Å²) in [6.45, 7) is 1.61. The molecule has 128 valence electrons. The lowest BCUT2D eigenvalue weighted by atomic mass is 9.78. The predicted octanol–water partition coefficient (Wildman–Crippen LogP) is 2.38. The molecule has 0 spiro atoms. The molecule has 1 fully saturated rings. The zero-order valence-electron chi connectivity index (χ0n) is 14.0. The number of anilines is 1. The normalized spacial score (nSPS) is 15.1. The van der Waals surface area contributed by atoms with Crippen molar-refractivity contribution in [1.29, 1.82) is 0 Å². The van der Waals surface area contributed by atoms with E-state index < -0.39 is 6.04 Å². The quantitative estimate of drug-likeness (QED) is 0.744. The molecule has 0 radical (unpaired) electrons. The molecule has 1 amide bonds. The summed E-state index contributed by atoms with van der Waals surface area (Å²) in [5, 5.41) is 21.3. The molecule has 1 aliphatic rings. The second-order valence-corrected chi connectivity index (χ2v) is 6.32. The first-order valence-electron chi connectivity index (χ1n) is 8.23. The average molecular weight is 336 g/mol. The molecule has 2 aromatic rings. The highest BCUT2D eigenvalue weighted by Crippen LogP contribution is 2.42. The highest BCUT2D eigenvalue weighted by atomic mass is 16.3. The lowest BCUT2D eigenvalue weighted by Crippen LogP contribution is -2.33. The van der Waals surface area contributed by atoms with Crippen LogP contribution in [0, 0.1) is 12.3 Å². The minimum atomic E-state index is -0.631. The number of nitrogens with one attached hydrogen (secondary N) is 1. The van der Waals surface area contributed by atoms with Gasteiger partial charge in [0.1, 0.15) is 11.4 Å². The number of nitrogens with two attached hydrogens (primary N) is 1. The van der Waals surface area contributed by atoms with Gasteiger partial charge in [-0.25, -0.2) is 0 Å². The summed E-state index contributed by atoms with van der Waals surface area (Å²) < 4.78 is 0. The fourth-order valence-electron chi connectivity index (χ4n) is 2.77. The number of carbonyl (C=O) groups is 1. The van der Waals surface area contributed by atoms with Crippen molar-refractivity contribution < 1.29 is 9.90 Å². The van der Waals surface area contributed by atoms with Crippen molar-refractivity contribution in [2.45, 2.75) is 38.1 Å². The summed E-state index contributed by atoms with van der Waals surface area (Å²) in [4.78, 5) is 11.8. The largest absolute Gasteiger partial charge is 0.507 e. The van der Waals surface area contributed by atoms with Crippen LogP contribution in [0.3, 0.4) is 0 Å². The Labute approximate surface area is 146 Å². The third-order valence-electron chi connectivity index (χ3n) is 4.45. The topological polar surface area (TPSA) is 101 Å². The number of hydrogen-bond donors (Lipinski definition) is 3. The van der Waals surface area contributed by atoms with Crippen LogP contribution in [0.4, 0.5) is 5.82 Å². The molecule has 6 nitrogen and oxygen atoms in total. The van der Waals surface area contributed by atoms with Gasteiger partial charge in [0.2, 0.25) is 5.91 Å². The van der Waals surface area contributed by atoms with Crippen LogP contribution >= 0.6 is 0 Å². The fourth-order valence-corrected chi connectivity index (χ4v) is 2.77. The Morgan fingerprint density at radius 1 is 1.40 bits per heavy atom. The Morgan fingerprint density at radius 3 is 2.72 bits per heavy atom. The minimum Gasteiger partial charge on any atom is -0.507 e. The van der Waals surface area contributed by atoms with Gasteiger partial charge in [0, 0.05) is 11.1 Å². The van der Waals surface area contributed by atoms with Crippen LogP contribution in [0.2, 0.25) is 0 Å². The zero-order valence-corrected chi connectivity index (χ0v) is 14.0. The number of amides is 1. The molecular formula is C19H20N4O2. The third-order valence-corrected chi connectivity index (χ3v) is 4.45. The molecular weight excluding hydrogens is 316 g/mol. The highest BCUT2D eigenvalue weighted by molar-refractivity contribution is 5.93. The molecule has 0 saturated heterocycles. The van der Waals surface area contributed by atoms with E-state index in [1.165, 1.54) is 6.07 Å². The van der Waals surface area contributed by atoms with Crippen molar-refractivity contribution in [3.63, 3.8) is 0 Å².